The van der Waals surface area contributed by atoms with E-state index in [2.05, 4.69) is 241 Å². The third-order valence-electron chi connectivity index (χ3n) is 14.1. The number of rotatable bonds is 8. The first-order chi connectivity index (χ1) is 33.6. The first kappa shape index (κ1) is 39.7. The minimum atomic E-state index is 0.857. The Morgan fingerprint density at radius 1 is 0.294 bits per heavy atom. The molecule has 0 amide bonds. The minimum Gasteiger partial charge on any atom is -0.324 e. The van der Waals surface area contributed by atoms with Crippen molar-refractivity contribution in [2.24, 2.45) is 0 Å². The molecule has 13 rings (SSSR count). The van der Waals surface area contributed by atoms with Gasteiger partial charge in [-0.1, -0.05) is 170 Å². The van der Waals surface area contributed by atoms with E-state index in [0.717, 1.165) is 63.5 Å². The van der Waals surface area contributed by atoms with Crippen LogP contribution < -0.4 is 0 Å². The lowest BCUT2D eigenvalue weighted by atomic mass is 9.90. The normalized spacial score (nSPS) is 11.8. The van der Waals surface area contributed by atoms with Gasteiger partial charge in [0.2, 0.25) is 0 Å². The predicted octanol–water partition coefficient (Wildman–Crippen LogP) is 17.0. The molecule has 0 bridgehead atoms. The Morgan fingerprint density at radius 3 is 1.37 bits per heavy atom. The summed E-state index contributed by atoms with van der Waals surface area (Å²) >= 11 is 0. The maximum atomic E-state index is 5.16. The van der Waals surface area contributed by atoms with Crippen LogP contribution in [0.1, 0.15) is 13.8 Å². The lowest BCUT2D eigenvalue weighted by Crippen LogP contribution is -1.97. The van der Waals surface area contributed by atoms with Gasteiger partial charge in [-0.2, -0.15) is 0 Å². The SMILES string of the molecule is CCn1c(-c2ccccc2)nc2cc(-c3ccc4ccc5cc(-c6ccc(-c7cc8ccccc8c8cc(-c9ccc%10c(c9)nc(-c9ccccc9)n%10CC)ccc78)cc6)ccc5c4c3)ccc21. The Balaban J connectivity index is 0.827. The fourth-order valence-corrected chi connectivity index (χ4v) is 10.7. The molecular formula is C64H46N4. The number of aromatic nitrogens is 4. The molecule has 4 nitrogen and oxygen atoms in total. The molecule has 0 saturated heterocycles. The number of imidazole rings is 2. The third-order valence-corrected chi connectivity index (χ3v) is 14.1. The Labute approximate surface area is 395 Å². The molecule has 0 N–H and O–H groups in total. The molecular weight excluding hydrogens is 825 g/mol. The summed E-state index contributed by atoms with van der Waals surface area (Å²) in [7, 11) is 0. The van der Waals surface area contributed by atoms with Gasteiger partial charge in [0.05, 0.1) is 22.1 Å². The van der Waals surface area contributed by atoms with E-state index in [1.165, 1.54) is 82.0 Å². The first-order valence-electron chi connectivity index (χ1n) is 23.7. The topological polar surface area (TPSA) is 35.6 Å². The van der Waals surface area contributed by atoms with Crippen LogP contribution in [0.3, 0.4) is 0 Å². The summed E-state index contributed by atoms with van der Waals surface area (Å²) < 4.78 is 4.62. The van der Waals surface area contributed by atoms with Crippen molar-refractivity contribution in [1.82, 2.24) is 19.1 Å². The van der Waals surface area contributed by atoms with Gasteiger partial charge in [0.15, 0.2) is 0 Å². The minimum absolute atomic E-state index is 0.857. The Bertz CT molecular complexity index is 4090. The molecule has 322 valence electrons. The van der Waals surface area contributed by atoms with Gasteiger partial charge in [0.25, 0.3) is 0 Å². The van der Waals surface area contributed by atoms with Crippen LogP contribution in [0.15, 0.2) is 218 Å². The van der Waals surface area contributed by atoms with E-state index in [9.17, 15) is 0 Å². The Hall–Kier alpha value is -8.60. The summed E-state index contributed by atoms with van der Waals surface area (Å²) in [5.41, 5.74) is 16.2. The molecule has 4 heteroatoms. The zero-order chi connectivity index (χ0) is 45.3. The Kier molecular flexibility index (Phi) is 9.40. The predicted molar refractivity (Wildman–Crippen MR) is 287 cm³/mol. The van der Waals surface area contributed by atoms with Crippen LogP contribution in [-0.2, 0) is 13.1 Å². The van der Waals surface area contributed by atoms with Gasteiger partial charge < -0.3 is 9.13 Å². The van der Waals surface area contributed by atoms with Crippen molar-refractivity contribution in [3.63, 3.8) is 0 Å². The molecule has 0 aliphatic heterocycles. The van der Waals surface area contributed by atoms with Crippen molar-refractivity contribution in [2.75, 3.05) is 0 Å². The van der Waals surface area contributed by atoms with Gasteiger partial charge in [-0.15, -0.1) is 0 Å². The van der Waals surface area contributed by atoms with Crippen molar-refractivity contribution in [1.29, 1.82) is 0 Å². The van der Waals surface area contributed by atoms with Crippen LogP contribution in [0.5, 0.6) is 0 Å². The van der Waals surface area contributed by atoms with Crippen LogP contribution in [-0.4, -0.2) is 19.1 Å². The van der Waals surface area contributed by atoms with Crippen molar-refractivity contribution in [3.8, 4) is 67.3 Å². The zero-order valence-electron chi connectivity index (χ0n) is 38.0. The van der Waals surface area contributed by atoms with Gasteiger partial charge in [-0.25, -0.2) is 9.97 Å². The maximum absolute atomic E-state index is 5.16. The van der Waals surface area contributed by atoms with Crippen molar-refractivity contribution in [2.45, 2.75) is 26.9 Å². The second kappa shape index (κ2) is 16.1. The van der Waals surface area contributed by atoms with Gasteiger partial charge in [0.1, 0.15) is 11.6 Å². The summed E-state index contributed by atoms with van der Waals surface area (Å²) in [4.78, 5) is 10.3. The lowest BCUT2D eigenvalue weighted by molar-refractivity contribution is 0.796. The van der Waals surface area contributed by atoms with E-state index < -0.39 is 0 Å². The number of hydrogen-bond donors (Lipinski definition) is 0. The highest BCUT2D eigenvalue weighted by atomic mass is 15.1. The standard InChI is InChI=1S/C64H46N4/c1-3-67-61-33-29-49(39-59(61)65-63(67)44-13-7-5-8-14-44)47-25-23-42-24-26-52-35-46(27-31-54(52)56(42)36-47)41-19-21-43(22-20-41)57-38-51-17-11-12-18-53(51)58-37-48(28-32-55(57)58)50-30-34-62-60(40-50)66-64(68(62)4-2)45-15-9-6-10-16-45/h5-40H,3-4H2,1-2H3. The summed E-state index contributed by atoms with van der Waals surface area (Å²) in [6.07, 6.45) is 0. The molecule has 11 aromatic carbocycles. The van der Waals surface area contributed by atoms with E-state index in [1.807, 2.05) is 0 Å². The fourth-order valence-electron chi connectivity index (χ4n) is 10.7. The quantitative estimate of drug-likeness (QED) is 0.143. The van der Waals surface area contributed by atoms with Crippen LogP contribution in [0, 0.1) is 0 Å². The molecule has 0 fully saturated rings. The molecule has 2 aromatic heterocycles. The lowest BCUT2D eigenvalue weighted by Gasteiger charge is -2.14. The molecule has 0 atom stereocenters. The van der Waals surface area contributed by atoms with Crippen molar-refractivity contribution < 1.29 is 0 Å². The second-order valence-electron chi connectivity index (χ2n) is 17.9. The van der Waals surface area contributed by atoms with Crippen LogP contribution in [0.2, 0.25) is 0 Å². The average Bonchev–Trinajstić information content (AvgIpc) is 3.98. The van der Waals surface area contributed by atoms with Gasteiger partial charge in [0, 0.05) is 24.2 Å². The third kappa shape index (κ3) is 6.59. The molecule has 0 unspecified atom stereocenters. The maximum Gasteiger partial charge on any atom is 0.141 e. The van der Waals surface area contributed by atoms with Crippen molar-refractivity contribution in [3.05, 3.63) is 218 Å². The summed E-state index contributed by atoms with van der Waals surface area (Å²) in [6.45, 7) is 6.09. The van der Waals surface area contributed by atoms with E-state index in [-0.39, 0.29) is 0 Å². The number of hydrogen-bond acceptors (Lipinski definition) is 2. The molecule has 68 heavy (non-hydrogen) atoms. The molecule has 0 spiro atoms. The first-order valence-corrected chi connectivity index (χ1v) is 23.7. The highest BCUT2D eigenvalue weighted by Crippen LogP contribution is 2.40. The number of fused-ring (bicyclic) bond motifs is 8. The molecule has 0 saturated carbocycles. The number of benzene rings is 11. The van der Waals surface area contributed by atoms with Crippen LogP contribution >= 0.6 is 0 Å². The monoisotopic (exact) mass is 870 g/mol. The smallest absolute Gasteiger partial charge is 0.141 e. The molecule has 0 aliphatic rings. The van der Waals surface area contributed by atoms with Gasteiger partial charge in [-0.05, 0) is 150 Å². The Morgan fingerprint density at radius 2 is 0.735 bits per heavy atom. The fraction of sp³-hybridized carbons (Fsp3) is 0.0625. The van der Waals surface area contributed by atoms with E-state index in [1.54, 1.807) is 0 Å². The number of nitrogens with zero attached hydrogens (tertiary/aromatic N) is 4. The summed E-state index contributed by atoms with van der Waals surface area (Å²) in [5, 5.41) is 9.95. The number of aryl methyl sites for hydroxylation is 2. The molecule has 0 radical (unpaired) electrons. The van der Waals surface area contributed by atoms with Crippen LogP contribution in [0.25, 0.3) is 132 Å². The van der Waals surface area contributed by atoms with E-state index >= 15 is 0 Å². The zero-order valence-corrected chi connectivity index (χ0v) is 38.0. The van der Waals surface area contributed by atoms with Crippen molar-refractivity contribution >= 4 is 65.2 Å². The highest BCUT2D eigenvalue weighted by Gasteiger charge is 2.16. The average molecular weight is 871 g/mol. The van der Waals surface area contributed by atoms with E-state index in [4.69, 9.17) is 9.97 Å². The van der Waals surface area contributed by atoms with Crippen LogP contribution in [0.4, 0.5) is 0 Å². The summed E-state index contributed by atoms with van der Waals surface area (Å²) in [5.74, 6) is 2.02. The molecule has 13 aromatic rings. The molecule has 0 aliphatic carbocycles. The van der Waals surface area contributed by atoms with Gasteiger partial charge >= 0.3 is 0 Å². The largest absolute Gasteiger partial charge is 0.324 e. The highest BCUT2D eigenvalue weighted by molar-refractivity contribution is 6.15. The molecule has 2 heterocycles. The summed E-state index contributed by atoms with van der Waals surface area (Å²) in [6, 6.07) is 79.9. The van der Waals surface area contributed by atoms with E-state index in [0.29, 0.717) is 0 Å². The van der Waals surface area contributed by atoms with Gasteiger partial charge in [-0.3, -0.25) is 0 Å². The second-order valence-corrected chi connectivity index (χ2v) is 17.9.